The summed E-state index contributed by atoms with van der Waals surface area (Å²) in [5.41, 5.74) is 1.39. The Labute approximate surface area is 157 Å². The monoisotopic (exact) mass is 388 g/mol. The van der Waals surface area contributed by atoms with Crippen molar-refractivity contribution in [2.75, 3.05) is 26.7 Å². The summed E-state index contributed by atoms with van der Waals surface area (Å²) in [5.74, 6) is 0.528. The molecule has 0 heterocycles. The van der Waals surface area contributed by atoms with Crippen molar-refractivity contribution in [3.8, 4) is 5.75 Å². The molecule has 0 radical (unpaired) electrons. The number of nitrogens with zero attached hydrogens (tertiary/aromatic N) is 1. The lowest BCUT2D eigenvalue weighted by Gasteiger charge is -2.16. The molecule has 0 bridgehead atoms. The van der Waals surface area contributed by atoms with Crippen LogP contribution in [0.4, 0.5) is 13.2 Å². The molecular weight excluding hydrogens is 361 g/mol. The van der Waals surface area contributed by atoms with Gasteiger partial charge in [0.25, 0.3) is 0 Å². The highest BCUT2D eigenvalue weighted by atomic mass is 19.4. The van der Waals surface area contributed by atoms with Crippen LogP contribution in [-0.4, -0.2) is 44.8 Å². The van der Waals surface area contributed by atoms with Crippen molar-refractivity contribution in [1.29, 1.82) is 0 Å². The normalized spacial score (nSPS) is 12.1. The smallest absolute Gasteiger partial charge is 0.422 e. The van der Waals surface area contributed by atoms with E-state index in [-0.39, 0.29) is 24.1 Å². The Bertz CT molecular complexity index is 646. The fourth-order valence-electron chi connectivity index (χ4n) is 2.07. The van der Waals surface area contributed by atoms with Crippen molar-refractivity contribution in [2.24, 2.45) is 10.9 Å². The zero-order valence-electron chi connectivity index (χ0n) is 16.0. The van der Waals surface area contributed by atoms with Gasteiger partial charge in [0.1, 0.15) is 5.75 Å². The Hall–Kier alpha value is -2.45. The molecule has 27 heavy (non-hydrogen) atoms. The minimum Gasteiger partial charge on any atom is -0.484 e. The van der Waals surface area contributed by atoms with E-state index in [9.17, 15) is 18.0 Å². The molecule has 9 heteroatoms. The van der Waals surface area contributed by atoms with Gasteiger partial charge in [-0.3, -0.25) is 9.79 Å². The second-order valence-corrected chi connectivity index (χ2v) is 6.31. The lowest BCUT2D eigenvalue weighted by Crippen LogP contribution is -2.41. The van der Waals surface area contributed by atoms with E-state index in [1.165, 1.54) is 0 Å². The Balaban J connectivity index is 2.56. The average Bonchev–Trinajstić information content (AvgIpc) is 2.59. The van der Waals surface area contributed by atoms with Crippen LogP contribution in [0.2, 0.25) is 0 Å². The number of guanidine groups is 1. The number of alkyl halides is 3. The minimum absolute atomic E-state index is 0.0362. The number of amides is 1. The van der Waals surface area contributed by atoms with E-state index in [1.54, 1.807) is 32.2 Å². The van der Waals surface area contributed by atoms with Crippen LogP contribution < -0.4 is 20.7 Å². The minimum atomic E-state index is -4.40. The van der Waals surface area contributed by atoms with E-state index in [1.807, 2.05) is 13.8 Å². The van der Waals surface area contributed by atoms with Crippen molar-refractivity contribution in [3.05, 3.63) is 29.3 Å². The summed E-state index contributed by atoms with van der Waals surface area (Å²) in [4.78, 5) is 15.5. The molecule has 0 aromatic heterocycles. The first kappa shape index (κ1) is 22.6. The molecule has 1 rings (SSSR count). The number of carbonyl (C=O) groups excluding carboxylic acids is 1. The lowest BCUT2D eigenvalue weighted by molar-refractivity contribution is -0.153. The third-order valence-electron chi connectivity index (χ3n) is 3.52. The van der Waals surface area contributed by atoms with Crippen LogP contribution in [0.1, 0.15) is 25.0 Å². The first-order valence-electron chi connectivity index (χ1n) is 8.63. The van der Waals surface area contributed by atoms with E-state index in [4.69, 9.17) is 4.74 Å². The van der Waals surface area contributed by atoms with Gasteiger partial charge >= 0.3 is 6.18 Å². The summed E-state index contributed by atoms with van der Waals surface area (Å²) in [6.45, 7) is 5.19. The Morgan fingerprint density at radius 1 is 1.19 bits per heavy atom. The second-order valence-electron chi connectivity index (χ2n) is 6.31. The second kappa shape index (κ2) is 10.6. The molecule has 0 saturated heterocycles. The van der Waals surface area contributed by atoms with Gasteiger partial charge in [-0.15, -0.1) is 0 Å². The lowest BCUT2D eigenvalue weighted by atomic mass is 10.1. The Morgan fingerprint density at radius 3 is 2.44 bits per heavy atom. The number of rotatable bonds is 8. The van der Waals surface area contributed by atoms with E-state index >= 15 is 0 Å². The van der Waals surface area contributed by atoms with Gasteiger partial charge in [0.05, 0.1) is 0 Å². The molecule has 1 aromatic carbocycles. The van der Waals surface area contributed by atoms with Gasteiger partial charge in [0.2, 0.25) is 5.91 Å². The van der Waals surface area contributed by atoms with E-state index < -0.39 is 12.8 Å². The largest absolute Gasteiger partial charge is 0.484 e. The molecule has 1 aromatic rings. The summed E-state index contributed by atoms with van der Waals surface area (Å²) in [7, 11) is 1.58. The quantitative estimate of drug-likeness (QED) is 0.363. The predicted octanol–water partition coefficient (Wildman–Crippen LogP) is 2.37. The van der Waals surface area contributed by atoms with Crippen molar-refractivity contribution < 1.29 is 22.7 Å². The molecule has 0 unspecified atom stereocenters. The number of halogens is 3. The number of nitrogens with one attached hydrogen (secondary N) is 3. The zero-order chi connectivity index (χ0) is 20.4. The highest BCUT2D eigenvalue weighted by Crippen LogP contribution is 2.23. The van der Waals surface area contributed by atoms with Crippen molar-refractivity contribution >= 4 is 11.9 Å². The summed E-state index contributed by atoms with van der Waals surface area (Å²) >= 11 is 0. The number of aryl methyl sites for hydroxylation is 1. The molecule has 0 atom stereocenters. The van der Waals surface area contributed by atoms with Gasteiger partial charge in [-0.1, -0.05) is 26.0 Å². The maximum atomic E-state index is 12.4. The van der Waals surface area contributed by atoms with Crippen LogP contribution in [0.3, 0.4) is 0 Å². The van der Waals surface area contributed by atoms with E-state index in [0.29, 0.717) is 24.6 Å². The van der Waals surface area contributed by atoms with Gasteiger partial charge in [0.15, 0.2) is 12.6 Å². The van der Waals surface area contributed by atoms with Crippen LogP contribution in [0.25, 0.3) is 0 Å². The molecule has 0 aliphatic heterocycles. The number of benzene rings is 1. The van der Waals surface area contributed by atoms with Crippen LogP contribution in [0.5, 0.6) is 5.75 Å². The first-order valence-corrected chi connectivity index (χ1v) is 8.63. The molecular formula is C18H27F3N4O2. The average molecular weight is 388 g/mol. The Kier molecular flexibility index (Phi) is 8.90. The SMILES string of the molecule is CN=C(NCCNC(=O)C(C)C)NCc1ccc(C)cc1OCC(F)(F)F. The van der Waals surface area contributed by atoms with Crippen LogP contribution in [0.15, 0.2) is 23.2 Å². The zero-order valence-corrected chi connectivity index (χ0v) is 16.0. The maximum absolute atomic E-state index is 12.4. The van der Waals surface area contributed by atoms with Crippen LogP contribution >= 0.6 is 0 Å². The molecule has 1 amide bonds. The molecule has 0 aliphatic carbocycles. The predicted molar refractivity (Wildman–Crippen MR) is 98.8 cm³/mol. The standard InChI is InChI=1S/C18H27F3N4O2/c1-12(2)16(26)23-7-8-24-17(22-4)25-10-14-6-5-13(3)9-15(14)27-11-18(19,20)21/h5-6,9,12H,7-8,10-11H2,1-4H3,(H,23,26)(H2,22,24,25). The number of hydrogen-bond donors (Lipinski definition) is 3. The number of ether oxygens (including phenoxy) is 1. The number of carbonyl (C=O) groups is 1. The third-order valence-corrected chi connectivity index (χ3v) is 3.52. The molecule has 0 spiro atoms. The van der Waals surface area contributed by atoms with Crippen molar-refractivity contribution in [1.82, 2.24) is 16.0 Å². The molecule has 6 nitrogen and oxygen atoms in total. The molecule has 3 N–H and O–H groups in total. The third kappa shape index (κ3) is 9.16. The Morgan fingerprint density at radius 2 is 1.85 bits per heavy atom. The molecule has 0 fully saturated rings. The van der Waals surface area contributed by atoms with Crippen LogP contribution in [0, 0.1) is 12.8 Å². The molecule has 0 saturated carbocycles. The van der Waals surface area contributed by atoms with Crippen molar-refractivity contribution in [3.63, 3.8) is 0 Å². The fraction of sp³-hybridized carbons (Fsp3) is 0.556. The van der Waals surface area contributed by atoms with Gasteiger partial charge in [-0.25, -0.2) is 0 Å². The molecule has 152 valence electrons. The highest BCUT2D eigenvalue weighted by molar-refractivity contribution is 5.80. The van der Waals surface area contributed by atoms with Gasteiger partial charge in [-0.05, 0) is 18.6 Å². The topological polar surface area (TPSA) is 74.8 Å². The van der Waals surface area contributed by atoms with Gasteiger partial charge in [-0.2, -0.15) is 13.2 Å². The number of hydrogen-bond acceptors (Lipinski definition) is 3. The van der Waals surface area contributed by atoms with E-state index in [0.717, 1.165) is 5.56 Å². The van der Waals surface area contributed by atoms with Crippen LogP contribution in [-0.2, 0) is 11.3 Å². The van der Waals surface area contributed by atoms with Gasteiger partial charge < -0.3 is 20.7 Å². The summed E-state index contributed by atoms with van der Waals surface area (Å²) < 4.78 is 42.2. The fourth-order valence-corrected chi connectivity index (χ4v) is 2.07. The first-order chi connectivity index (χ1) is 12.6. The number of aliphatic imine (C=N–C) groups is 1. The molecule has 0 aliphatic rings. The highest BCUT2D eigenvalue weighted by Gasteiger charge is 2.28. The summed E-state index contributed by atoms with van der Waals surface area (Å²) in [6.07, 6.45) is -4.40. The summed E-state index contributed by atoms with van der Waals surface area (Å²) in [5, 5.41) is 8.81. The summed E-state index contributed by atoms with van der Waals surface area (Å²) in [6, 6.07) is 5.08. The maximum Gasteiger partial charge on any atom is 0.422 e. The van der Waals surface area contributed by atoms with Crippen molar-refractivity contribution in [2.45, 2.75) is 33.5 Å². The van der Waals surface area contributed by atoms with E-state index in [2.05, 4.69) is 20.9 Å². The van der Waals surface area contributed by atoms with Gasteiger partial charge in [0, 0.05) is 38.2 Å².